The van der Waals surface area contributed by atoms with Gasteiger partial charge < -0.3 is 20.3 Å². The Labute approximate surface area is 149 Å². The van der Waals surface area contributed by atoms with Crippen LogP contribution in [0.2, 0.25) is 0 Å². The minimum absolute atomic E-state index is 0.0247. The number of urea groups is 1. The van der Waals surface area contributed by atoms with Gasteiger partial charge in [-0.05, 0) is 37.7 Å². The zero-order chi connectivity index (χ0) is 17.9. The lowest BCUT2D eigenvalue weighted by molar-refractivity contribution is 0.207. The highest BCUT2D eigenvalue weighted by Gasteiger charge is 2.23. The molecule has 0 aliphatic heterocycles. The highest BCUT2D eigenvalue weighted by atomic mass is 16.3. The van der Waals surface area contributed by atoms with E-state index in [9.17, 15) is 14.7 Å². The topological polar surface area (TPSA) is 83.4 Å². The van der Waals surface area contributed by atoms with E-state index in [-0.39, 0.29) is 24.2 Å². The minimum atomic E-state index is -0.178. The molecule has 2 rings (SSSR count). The van der Waals surface area contributed by atoms with Crippen LogP contribution in [0.25, 0.3) is 0 Å². The van der Waals surface area contributed by atoms with E-state index >= 15 is 0 Å². The van der Waals surface area contributed by atoms with Gasteiger partial charge in [0, 0.05) is 38.0 Å². The van der Waals surface area contributed by atoms with Gasteiger partial charge in [0.05, 0.1) is 0 Å². The number of aryl methyl sites for hydroxylation is 1. The Morgan fingerprint density at radius 3 is 2.68 bits per heavy atom. The first-order valence-electron chi connectivity index (χ1n) is 9.51. The fraction of sp³-hybridized carbons (Fsp3) is 0.684. The standard InChI is InChI=1S/C19H31N3O3/c23-15-11-17(16-8-3-1-2-4-9-16)21-19(25)20-12-7-14-22-13-6-5-10-18(22)24/h5-6,10,13,16-17,23H,1-4,7-9,11-12,14-15H2,(H2,20,21,25). The summed E-state index contributed by atoms with van der Waals surface area (Å²) >= 11 is 0. The molecule has 140 valence electrons. The molecule has 1 heterocycles. The molecule has 25 heavy (non-hydrogen) atoms. The summed E-state index contributed by atoms with van der Waals surface area (Å²) in [6.45, 7) is 1.20. The first kappa shape index (κ1) is 19.5. The summed E-state index contributed by atoms with van der Waals surface area (Å²) in [6, 6.07) is 4.95. The number of aromatic nitrogens is 1. The number of nitrogens with zero attached hydrogens (tertiary/aromatic N) is 1. The maximum atomic E-state index is 12.2. The lowest BCUT2D eigenvalue weighted by Crippen LogP contribution is -2.46. The molecule has 1 aliphatic rings. The molecule has 3 N–H and O–H groups in total. The molecule has 0 spiro atoms. The highest BCUT2D eigenvalue weighted by molar-refractivity contribution is 5.74. The van der Waals surface area contributed by atoms with E-state index in [0.29, 0.717) is 31.8 Å². The van der Waals surface area contributed by atoms with Crippen molar-refractivity contribution in [3.05, 3.63) is 34.7 Å². The molecule has 1 aliphatic carbocycles. The molecule has 2 amide bonds. The molecule has 1 unspecified atom stereocenters. The van der Waals surface area contributed by atoms with Crippen LogP contribution < -0.4 is 16.2 Å². The van der Waals surface area contributed by atoms with Crippen molar-refractivity contribution in [3.8, 4) is 0 Å². The van der Waals surface area contributed by atoms with Gasteiger partial charge in [0.15, 0.2) is 0 Å². The molecule has 1 atom stereocenters. The van der Waals surface area contributed by atoms with Crippen molar-refractivity contribution in [2.75, 3.05) is 13.2 Å². The van der Waals surface area contributed by atoms with Crippen LogP contribution in [0.1, 0.15) is 51.4 Å². The van der Waals surface area contributed by atoms with E-state index in [1.807, 2.05) is 6.07 Å². The van der Waals surface area contributed by atoms with E-state index in [0.717, 1.165) is 12.8 Å². The molecule has 6 heteroatoms. The zero-order valence-corrected chi connectivity index (χ0v) is 15.0. The molecule has 0 bridgehead atoms. The zero-order valence-electron chi connectivity index (χ0n) is 15.0. The number of aliphatic hydroxyl groups excluding tert-OH is 1. The van der Waals surface area contributed by atoms with Gasteiger partial charge in [0.2, 0.25) is 5.56 Å². The second kappa shape index (κ2) is 10.9. The van der Waals surface area contributed by atoms with Crippen LogP contribution in [0, 0.1) is 5.92 Å². The summed E-state index contributed by atoms with van der Waals surface area (Å²) in [7, 11) is 0. The van der Waals surface area contributed by atoms with Crippen LogP contribution in [0.5, 0.6) is 0 Å². The maximum absolute atomic E-state index is 12.2. The van der Waals surface area contributed by atoms with Crippen LogP contribution in [-0.4, -0.2) is 34.9 Å². The second-order valence-corrected chi connectivity index (χ2v) is 6.86. The number of carbonyl (C=O) groups is 1. The maximum Gasteiger partial charge on any atom is 0.315 e. The third-order valence-corrected chi connectivity index (χ3v) is 4.99. The van der Waals surface area contributed by atoms with Crippen molar-refractivity contribution < 1.29 is 9.90 Å². The Balaban J connectivity index is 1.73. The van der Waals surface area contributed by atoms with Crippen molar-refractivity contribution in [2.24, 2.45) is 5.92 Å². The number of aliphatic hydroxyl groups is 1. The van der Waals surface area contributed by atoms with Gasteiger partial charge in [0.25, 0.3) is 0 Å². The van der Waals surface area contributed by atoms with Gasteiger partial charge >= 0.3 is 6.03 Å². The highest BCUT2D eigenvalue weighted by Crippen LogP contribution is 2.26. The van der Waals surface area contributed by atoms with Crippen molar-refractivity contribution in [2.45, 2.75) is 64.0 Å². The molecular weight excluding hydrogens is 318 g/mol. The number of nitrogens with one attached hydrogen (secondary N) is 2. The Morgan fingerprint density at radius 2 is 2.00 bits per heavy atom. The lowest BCUT2D eigenvalue weighted by atomic mass is 9.90. The van der Waals surface area contributed by atoms with E-state index in [1.165, 1.54) is 31.7 Å². The lowest BCUT2D eigenvalue weighted by Gasteiger charge is -2.26. The second-order valence-electron chi connectivity index (χ2n) is 6.86. The Hall–Kier alpha value is -1.82. The average molecular weight is 349 g/mol. The van der Waals surface area contributed by atoms with Crippen LogP contribution in [0.15, 0.2) is 29.2 Å². The predicted molar refractivity (Wildman–Crippen MR) is 98.5 cm³/mol. The van der Waals surface area contributed by atoms with Gasteiger partial charge in [-0.3, -0.25) is 4.79 Å². The van der Waals surface area contributed by atoms with E-state index in [1.54, 1.807) is 16.8 Å². The molecular formula is C19H31N3O3. The number of carbonyl (C=O) groups excluding carboxylic acids is 1. The van der Waals surface area contributed by atoms with Gasteiger partial charge in [0.1, 0.15) is 0 Å². The monoisotopic (exact) mass is 349 g/mol. The molecule has 0 radical (unpaired) electrons. The Kier molecular flexibility index (Phi) is 8.52. The van der Waals surface area contributed by atoms with Crippen molar-refractivity contribution >= 4 is 6.03 Å². The molecule has 0 aromatic carbocycles. The Bertz CT molecular complexity index is 565. The van der Waals surface area contributed by atoms with Gasteiger partial charge in [-0.1, -0.05) is 31.7 Å². The van der Waals surface area contributed by atoms with Crippen molar-refractivity contribution in [3.63, 3.8) is 0 Å². The van der Waals surface area contributed by atoms with E-state index in [4.69, 9.17) is 0 Å². The summed E-state index contributed by atoms with van der Waals surface area (Å²) in [6.07, 6.45) is 10.3. The fourth-order valence-corrected chi connectivity index (χ4v) is 3.59. The summed E-state index contributed by atoms with van der Waals surface area (Å²) in [5, 5.41) is 15.2. The van der Waals surface area contributed by atoms with E-state index in [2.05, 4.69) is 10.6 Å². The van der Waals surface area contributed by atoms with Crippen molar-refractivity contribution in [1.82, 2.24) is 15.2 Å². The first-order chi connectivity index (χ1) is 12.2. The molecule has 1 aromatic rings. The van der Waals surface area contributed by atoms with Gasteiger partial charge in [-0.25, -0.2) is 4.79 Å². The summed E-state index contributed by atoms with van der Waals surface area (Å²) < 4.78 is 1.64. The number of pyridine rings is 1. The number of amides is 2. The van der Waals surface area contributed by atoms with Crippen LogP contribution in [0.4, 0.5) is 4.79 Å². The summed E-state index contributed by atoms with van der Waals surface area (Å²) in [5.74, 6) is 0.461. The Morgan fingerprint density at radius 1 is 1.24 bits per heavy atom. The first-order valence-corrected chi connectivity index (χ1v) is 9.51. The normalized spacial score (nSPS) is 16.8. The van der Waals surface area contributed by atoms with Gasteiger partial charge in [-0.15, -0.1) is 0 Å². The molecule has 1 aromatic heterocycles. The third kappa shape index (κ3) is 6.90. The summed E-state index contributed by atoms with van der Waals surface area (Å²) in [4.78, 5) is 23.8. The third-order valence-electron chi connectivity index (χ3n) is 4.99. The molecule has 1 fully saturated rings. The quantitative estimate of drug-likeness (QED) is 0.497. The molecule has 6 nitrogen and oxygen atoms in total. The molecule has 0 saturated heterocycles. The van der Waals surface area contributed by atoms with E-state index < -0.39 is 0 Å². The predicted octanol–water partition coefficient (Wildman–Crippen LogP) is 2.26. The minimum Gasteiger partial charge on any atom is -0.396 e. The van der Waals surface area contributed by atoms with Gasteiger partial charge in [-0.2, -0.15) is 0 Å². The smallest absolute Gasteiger partial charge is 0.315 e. The molecule has 1 saturated carbocycles. The number of hydrogen-bond donors (Lipinski definition) is 3. The average Bonchev–Trinajstić information content (AvgIpc) is 2.89. The SMILES string of the molecule is O=C(NCCCn1ccccc1=O)NC(CCO)C1CCCCCC1. The largest absolute Gasteiger partial charge is 0.396 e. The fourth-order valence-electron chi connectivity index (χ4n) is 3.59. The van der Waals surface area contributed by atoms with Crippen LogP contribution in [0.3, 0.4) is 0 Å². The number of hydrogen-bond acceptors (Lipinski definition) is 3. The van der Waals surface area contributed by atoms with Crippen LogP contribution in [-0.2, 0) is 6.54 Å². The van der Waals surface area contributed by atoms with Crippen molar-refractivity contribution in [1.29, 1.82) is 0 Å². The number of rotatable bonds is 8. The summed E-state index contributed by atoms with van der Waals surface area (Å²) in [5.41, 5.74) is -0.0247. The van der Waals surface area contributed by atoms with Crippen LogP contribution >= 0.6 is 0 Å².